The number of ether oxygens (including phenoxy) is 2. The van der Waals surface area contributed by atoms with Crippen molar-refractivity contribution in [1.82, 2.24) is 10.6 Å². The molecule has 0 aromatic heterocycles. The van der Waals surface area contributed by atoms with Crippen molar-refractivity contribution in [3.05, 3.63) is 48.0 Å². The van der Waals surface area contributed by atoms with E-state index in [-0.39, 0.29) is 13.0 Å². The third-order valence-electron chi connectivity index (χ3n) is 3.56. The number of hydrogen-bond donors (Lipinski definition) is 2. The molecule has 0 bridgehead atoms. The molecule has 7 nitrogen and oxygen atoms in total. The Bertz CT molecular complexity index is 680. The number of carbonyl (C=O) groups excluding carboxylic acids is 3. The Morgan fingerprint density at radius 3 is 2.32 bits per heavy atom. The Balaban J connectivity index is 2.80. The standard InChI is InChI=1S/C21H30N2O5/c1-6-7-13-27-19(25)15(2)22-18(24)17(14-16-11-9-8-10-12-16)23-20(26)28-21(3,4)5/h6-12,15,17H,13-14H2,1-5H3,(H,22,24)(H,23,26)/b7-6+/t15?,17-/m1/s1. The van der Waals surface area contributed by atoms with Crippen molar-refractivity contribution in [2.75, 3.05) is 6.61 Å². The highest BCUT2D eigenvalue weighted by atomic mass is 16.6. The monoisotopic (exact) mass is 390 g/mol. The molecule has 0 aliphatic carbocycles. The highest BCUT2D eigenvalue weighted by Gasteiger charge is 2.27. The van der Waals surface area contributed by atoms with E-state index >= 15 is 0 Å². The van der Waals surface area contributed by atoms with Gasteiger partial charge in [0.1, 0.15) is 24.3 Å². The number of nitrogens with one attached hydrogen (secondary N) is 2. The van der Waals surface area contributed by atoms with Crippen LogP contribution in [0.3, 0.4) is 0 Å². The predicted octanol–water partition coefficient (Wildman–Crippen LogP) is 2.75. The lowest BCUT2D eigenvalue weighted by Gasteiger charge is -2.24. The zero-order valence-corrected chi connectivity index (χ0v) is 17.2. The Hall–Kier alpha value is -2.83. The summed E-state index contributed by atoms with van der Waals surface area (Å²) in [4.78, 5) is 36.8. The molecule has 154 valence electrons. The molecule has 7 heteroatoms. The number of amides is 2. The molecule has 2 N–H and O–H groups in total. The summed E-state index contributed by atoms with van der Waals surface area (Å²) in [6, 6.07) is 7.51. The second-order valence-corrected chi connectivity index (χ2v) is 7.32. The van der Waals surface area contributed by atoms with Gasteiger partial charge in [-0.3, -0.25) is 4.79 Å². The number of carbonyl (C=O) groups is 3. The fourth-order valence-electron chi connectivity index (χ4n) is 2.23. The summed E-state index contributed by atoms with van der Waals surface area (Å²) in [5.74, 6) is -1.05. The van der Waals surface area contributed by atoms with E-state index in [4.69, 9.17) is 9.47 Å². The first-order valence-electron chi connectivity index (χ1n) is 9.24. The molecule has 0 radical (unpaired) electrons. The van der Waals surface area contributed by atoms with Crippen molar-refractivity contribution >= 4 is 18.0 Å². The summed E-state index contributed by atoms with van der Waals surface area (Å²) in [5.41, 5.74) is 0.170. The highest BCUT2D eigenvalue weighted by Crippen LogP contribution is 2.09. The van der Waals surface area contributed by atoms with Crippen molar-refractivity contribution in [3.63, 3.8) is 0 Å². The number of rotatable bonds is 8. The normalized spacial score (nSPS) is 13.5. The number of hydrogen-bond acceptors (Lipinski definition) is 5. The minimum Gasteiger partial charge on any atom is -0.460 e. The maximum Gasteiger partial charge on any atom is 0.408 e. The average Bonchev–Trinajstić information content (AvgIpc) is 2.60. The van der Waals surface area contributed by atoms with E-state index in [1.54, 1.807) is 32.9 Å². The van der Waals surface area contributed by atoms with Crippen LogP contribution >= 0.6 is 0 Å². The maximum absolute atomic E-state index is 12.7. The number of allylic oxidation sites excluding steroid dienone is 1. The lowest BCUT2D eigenvalue weighted by atomic mass is 10.1. The van der Waals surface area contributed by atoms with Gasteiger partial charge < -0.3 is 20.1 Å². The first-order chi connectivity index (χ1) is 13.1. The highest BCUT2D eigenvalue weighted by molar-refractivity contribution is 5.89. The van der Waals surface area contributed by atoms with Gasteiger partial charge >= 0.3 is 12.1 Å². The van der Waals surface area contributed by atoms with Crippen LogP contribution in [-0.4, -0.2) is 42.3 Å². The second-order valence-electron chi connectivity index (χ2n) is 7.32. The smallest absolute Gasteiger partial charge is 0.408 e. The molecule has 1 aromatic rings. The quantitative estimate of drug-likeness (QED) is 0.526. The van der Waals surface area contributed by atoms with Crippen LogP contribution in [0.2, 0.25) is 0 Å². The Morgan fingerprint density at radius 1 is 1.11 bits per heavy atom. The summed E-state index contributed by atoms with van der Waals surface area (Å²) in [6.07, 6.45) is 3.00. The molecule has 0 saturated heterocycles. The molecule has 2 atom stereocenters. The molecule has 0 fully saturated rings. The van der Waals surface area contributed by atoms with Gasteiger partial charge in [-0.1, -0.05) is 42.5 Å². The van der Waals surface area contributed by atoms with Crippen molar-refractivity contribution in [3.8, 4) is 0 Å². The molecule has 2 amide bonds. The van der Waals surface area contributed by atoms with E-state index in [0.717, 1.165) is 5.56 Å². The topological polar surface area (TPSA) is 93.7 Å². The molecule has 0 heterocycles. The zero-order chi connectivity index (χ0) is 21.2. The summed E-state index contributed by atoms with van der Waals surface area (Å²) in [6.45, 7) is 8.70. The third-order valence-corrected chi connectivity index (χ3v) is 3.56. The number of esters is 1. The van der Waals surface area contributed by atoms with Gasteiger partial charge in [0.15, 0.2) is 0 Å². The van der Waals surface area contributed by atoms with E-state index < -0.39 is 35.7 Å². The van der Waals surface area contributed by atoms with Crippen molar-refractivity contribution in [2.24, 2.45) is 0 Å². The van der Waals surface area contributed by atoms with Gasteiger partial charge in [-0.05, 0) is 40.2 Å². The Labute approximate surface area is 166 Å². The van der Waals surface area contributed by atoms with Crippen LogP contribution in [-0.2, 0) is 25.5 Å². The predicted molar refractivity (Wildman–Crippen MR) is 107 cm³/mol. The lowest BCUT2D eigenvalue weighted by Crippen LogP contribution is -2.52. The van der Waals surface area contributed by atoms with Gasteiger partial charge in [0.25, 0.3) is 0 Å². The van der Waals surface area contributed by atoms with E-state index in [0.29, 0.717) is 0 Å². The molecule has 0 aliphatic rings. The minimum absolute atomic E-state index is 0.138. The Morgan fingerprint density at radius 2 is 1.75 bits per heavy atom. The van der Waals surface area contributed by atoms with Crippen LogP contribution in [0, 0.1) is 0 Å². The van der Waals surface area contributed by atoms with Crippen molar-refractivity contribution in [2.45, 2.75) is 58.7 Å². The average molecular weight is 390 g/mol. The van der Waals surface area contributed by atoms with Crippen LogP contribution in [0.5, 0.6) is 0 Å². The molecular formula is C21H30N2O5. The minimum atomic E-state index is -0.900. The summed E-state index contributed by atoms with van der Waals surface area (Å²) in [7, 11) is 0. The van der Waals surface area contributed by atoms with Gasteiger partial charge in [-0.2, -0.15) is 0 Å². The first kappa shape index (κ1) is 23.2. The van der Waals surface area contributed by atoms with Crippen LogP contribution in [0.4, 0.5) is 4.79 Å². The summed E-state index contributed by atoms with van der Waals surface area (Å²) < 4.78 is 10.3. The molecule has 0 saturated carbocycles. The van der Waals surface area contributed by atoms with Gasteiger partial charge in [-0.15, -0.1) is 0 Å². The first-order valence-corrected chi connectivity index (χ1v) is 9.24. The van der Waals surface area contributed by atoms with Gasteiger partial charge in [0.2, 0.25) is 5.91 Å². The van der Waals surface area contributed by atoms with Crippen LogP contribution in [0.15, 0.2) is 42.5 Å². The van der Waals surface area contributed by atoms with E-state index in [1.807, 2.05) is 37.3 Å². The van der Waals surface area contributed by atoms with Crippen LogP contribution in [0.25, 0.3) is 0 Å². The van der Waals surface area contributed by atoms with Gasteiger partial charge in [0.05, 0.1) is 0 Å². The van der Waals surface area contributed by atoms with Gasteiger partial charge in [0, 0.05) is 6.42 Å². The fraction of sp³-hybridized carbons (Fsp3) is 0.476. The second kappa shape index (κ2) is 11.1. The molecule has 0 aliphatic heterocycles. The molecule has 1 unspecified atom stereocenters. The van der Waals surface area contributed by atoms with Gasteiger partial charge in [-0.25, -0.2) is 9.59 Å². The zero-order valence-electron chi connectivity index (χ0n) is 17.2. The van der Waals surface area contributed by atoms with E-state index in [9.17, 15) is 14.4 Å². The van der Waals surface area contributed by atoms with Crippen molar-refractivity contribution < 1.29 is 23.9 Å². The summed E-state index contributed by atoms with van der Waals surface area (Å²) in [5, 5.41) is 5.17. The maximum atomic E-state index is 12.7. The molecule has 1 aromatic carbocycles. The molecule has 1 rings (SSSR count). The van der Waals surface area contributed by atoms with E-state index in [1.165, 1.54) is 6.92 Å². The van der Waals surface area contributed by atoms with Crippen LogP contribution < -0.4 is 10.6 Å². The third kappa shape index (κ3) is 9.21. The fourth-order valence-corrected chi connectivity index (χ4v) is 2.23. The Kier molecular flexibility index (Phi) is 9.21. The van der Waals surface area contributed by atoms with Crippen molar-refractivity contribution in [1.29, 1.82) is 0 Å². The lowest BCUT2D eigenvalue weighted by molar-refractivity contribution is -0.146. The molecule has 28 heavy (non-hydrogen) atoms. The van der Waals surface area contributed by atoms with E-state index in [2.05, 4.69) is 10.6 Å². The SMILES string of the molecule is C/C=C/COC(=O)C(C)NC(=O)[C@@H](Cc1ccccc1)NC(=O)OC(C)(C)C. The number of alkyl carbamates (subject to hydrolysis) is 1. The summed E-state index contributed by atoms with van der Waals surface area (Å²) >= 11 is 0. The van der Waals surface area contributed by atoms with Crippen LogP contribution in [0.1, 0.15) is 40.2 Å². The largest absolute Gasteiger partial charge is 0.460 e. The molecule has 0 spiro atoms. The molecular weight excluding hydrogens is 360 g/mol. The number of benzene rings is 1.